The number of halogens is 2. The molecule has 2 aromatic carbocycles. The van der Waals surface area contributed by atoms with Crippen LogP contribution >= 0.6 is 0 Å². The monoisotopic (exact) mass is 389 g/mol. The molecule has 0 saturated heterocycles. The molecule has 0 unspecified atom stereocenters. The van der Waals surface area contributed by atoms with E-state index in [1.54, 1.807) is 0 Å². The van der Waals surface area contributed by atoms with Crippen molar-refractivity contribution in [3.63, 3.8) is 0 Å². The lowest BCUT2D eigenvalue weighted by Crippen LogP contribution is -2.32. The summed E-state index contributed by atoms with van der Waals surface area (Å²) in [6.07, 6.45) is 0.899. The average molecular weight is 389 g/mol. The molecule has 150 valence electrons. The van der Waals surface area contributed by atoms with Crippen LogP contribution in [0.5, 0.6) is 0 Å². The minimum Gasteiger partial charge on any atom is -0.356 e. The topological polar surface area (TPSA) is 61.4 Å². The van der Waals surface area contributed by atoms with Crippen molar-refractivity contribution in [2.24, 2.45) is 0 Å². The summed E-state index contributed by atoms with van der Waals surface area (Å²) in [5.41, 5.74) is 0.991. The van der Waals surface area contributed by atoms with E-state index >= 15 is 0 Å². The molecule has 2 amide bonds. The van der Waals surface area contributed by atoms with Gasteiger partial charge in [0.2, 0.25) is 5.91 Å². The van der Waals surface area contributed by atoms with Gasteiger partial charge in [0, 0.05) is 32.1 Å². The number of benzene rings is 2. The molecular weight excluding hydrogens is 364 g/mol. The zero-order chi connectivity index (χ0) is 20.4. The first-order chi connectivity index (χ1) is 13.5. The zero-order valence-electron chi connectivity index (χ0n) is 15.9. The van der Waals surface area contributed by atoms with Gasteiger partial charge in [-0.3, -0.25) is 9.59 Å². The molecule has 0 spiro atoms. The fraction of sp³-hybridized carbons (Fsp3) is 0.333. The summed E-state index contributed by atoms with van der Waals surface area (Å²) < 4.78 is 26.4. The Morgan fingerprint density at radius 3 is 2.46 bits per heavy atom. The summed E-state index contributed by atoms with van der Waals surface area (Å²) in [6.45, 7) is 2.31. The van der Waals surface area contributed by atoms with Crippen LogP contribution in [0, 0.1) is 11.6 Å². The van der Waals surface area contributed by atoms with Crippen LogP contribution in [0.3, 0.4) is 0 Å². The predicted octanol–water partition coefficient (Wildman–Crippen LogP) is 2.72. The SMILES string of the molecule is CN(CCCNC(=O)CCNC(=O)c1ccc(F)cc1F)Cc1ccccc1. The number of amides is 2. The van der Waals surface area contributed by atoms with Crippen LogP contribution in [0.2, 0.25) is 0 Å². The molecule has 0 bridgehead atoms. The standard InChI is InChI=1S/C21H25F2N3O2/c1-26(15-16-6-3-2-4-7-16)13-5-11-24-20(27)10-12-25-21(28)18-9-8-17(22)14-19(18)23/h2-4,6-9,14H,5,10-13,15H2,1H3,(H,24,27)(H,25,28). The van der Waals surface area contributed by atoms with Crippen LogP contribution in [0.1, 0.15) is 28.8 Å². The highest BCUT2D eigenvalue weighted by Gasteiger charge is 2.12. The molecule has 0 aliphatic rings. The Balaban J connectivity index is 1.58. The largest absolute Gasteiger partial charge is 0.356 e. The van der Waals surface area contributed by atoms with Crippen molar-refractivity contribution < 1.29 is 18.4 Å². The van der Waals surface area contributed by atoms with Crippen molar-refractivity contribution >= 4 is 11.8 Å². The van der Waals surface area contributed by atoms with Gasteiger partial charge >= 0.3 is 0 Å². The van der Waals surface area contributed by atoms with Crippen LogP contribution < -0.4 is 10.6 Å². The van der Waals surface area contributed by atoms with Crippen molar-refractivity contribution in [1.29, 1.82) is 0 Å². The summed E-state index contributed by atoms with van der Waals surface area (Å²) in [7, 11) is 2.03. The Hall–Kier alpha value is -2.80. The second kappa shape index (κ2) is 11.1. The third kappa shape index (κ3) is 7.44. The lowest BCUT2D eigenvalue weighted by Gasteiger charge is -2.16. The van der Waals surface area contributed by atoms with E-state index in [9.17, 15) is 18.4 Å². The number of hydrogen-bond donors (Lipinski definition) is 2. The van der Waals surface area contributed by atoms with Gasteiger partial charge in [0.1, 0.15) is 11.6 Å². The molecule has 0 fully saturated rings. The summed E-state index contributed by atoms with van der Waals surface area (Å²) in [5.74, 6) is -2.54. The van der Waals surface area contributed by atoms with E-state index in [0.29, 0.717) is 12.6 Å². The highest BCUT2D eigenvalue weighted by molar-refractivity contribution is 5.94. The quantitative estimate of drug-likeness (QED) is 0.615. The molecule has 0 aromatic heterocycles. The minimum absolute atomic E-state index is 0.0788. The molecule has 2 aromatic rings. The first kappa shape index (κ1) is 21.5. The number of nitrogens with one attached hydrogen (secondary N) is 2. The van der Waals surface area contributed by atoms with E-state index in [2.05, 4.69) is 27.7 Å². The van der Waals surface area contributed by atoms with Gasteiger partial charge in [-0.05, 0) is 37.7 Å². The highest BCUT2D eigenvalue weighted by atomic mass is 19.1. The lowest BCUT2D eigenvalue weighted by molar-refractivity contribution is -0.120. The molecule has 28 heavy (non-hydrogen) atoms. The van der Waals surface area contributed by atoms with Crippen LogP contribution in [-0.2, 0) is 11.3 Å². The van der Waals surface area contributed by atoms with Crippen LogP contribution in [0.4, 0.5) is 8.78 Å². The summed E-state index contributed by atoms with van der Waals surface area (Å²) >= 11 is 0. The molecule has 0 aliphatic carbocycles. The third-order valence-electron chi connectivity index (χ3n) is 4.15. The maximum absolute atomic E-state index is 13.5. The van der Waals surface area contributed by atoms with Crippen LogP contribution in [0.15, 0.2) is 48.5 Å². The Morgan fingerprint density at radius 1 is 1.00 bits per heavy atom. The van der Waals surface area contributed by atoms with E-state index in [4.69, 9.17) is 0 Å². The maximum Gasteiger partial charge on any atom is 0.254 e. The van der Waals surface area contributed by atoms with Crippen molar-refractivity contribution in [3.05, 3.63) is 71.3 Å². The van der Waals surface area contributed by atoms with Crippen molar-refractivity contribution in [2.75, 3.05) is 26.7 Å². The molecule has 7 heteroatoms. The lowest BCUT2D eigenvalue weighted by atomic mass is 10.2. The minimum atomic E-state index is -0.929. The highest BCUT2D eigenvalue weighted by Crippen LogP contribution is 2.09. The molecule has 0 radical (unpaired) electrons. The van der Waals surface area contributed by atoms with Gasteiger partial charge in [-0.2, -0.15) is 0 Å². The molecule has 0 aliphatic heterocycles. The van der Waals surface area contributed by atoms with Crippen molar-refractivity contribution in [2.45, 2.75) is 19.4 Å². The molecule has 0 heterocycles. The van der Waals surface area contributed by atoms with Gasteiger partial charge in [0.15, 0.2) is 0 Å². The fourth-order valence-corrected chi connectivity index (χ4v) is 2.70. The fourth-order valence-electron chi connectivity index (χ4n) is 2.70. The van der Waals surface area contributed by atoms with Gasteiger partial charge in [-0.25, -0.2) is 8.78 Å². The number of carbonyl (C=O) groups excluding carboxylic acids is 2. The Kier molecular flexibility index (Phi) is 8.55. The van der Waals surface area contributed by atoms with Crippen molar-refractivity contribution in [3.8, 4) is 0 Å². The van der Waals surface area contributed by atoms with Crippen molar-refractivity contribution in [1.82, 2.24) is 15.5 Å². The van der Waals surface area contributed by atoms with E-state index in [1.165, 1.54) is 5.56 Å². The summed E-state index contributed by atoms with van der Waals surface area (Å²) in [5, 5.41) is 5.25. The van der Waals surface area contributed by atoms with E-state index in [0.717, 1.165) is 31.6 Å². The Labute approximate surface area is 163 Å². The molecule has 5 nitrogen and oxygen atoms in total. The Bertz CT molecular complexity index is 784. The van der Waals surface area contributed by atoms with Gasteiger partial charge < -0.3 is 15.5 Å². The summed E-state index contributed by atoms with van der Waals surface area (Å²) in [4.78, 5) is 25.8. The number of rotatable bonds is 10. The zero-order valence-corrected chi connectivity index (χ0v) is 15.9. The first-order valence-corrected chi connectivity index (χ1v) is 9.18. The number of hydrogen-bond acceptors (Lipinski definition) is 3. The molecule has 2 rings (SSSR count). The molecule has 0 atom stereocenters. The number of carbonyl (C=O) groups is 2. The number of nitrogens with zero attached hydrogens (tertiary/aromatic N) is 1. The predicted molar refractivity (Wildman–Crippen MR) is 104 cm³/mol. The Morgan fingerprint density at radius 2 is 1.75 bits per heavy atom. The third-order valence-corrected chi connectivity index (χ3v) is 4.15. The van der Waals surface area contributed by atoms with E-state index < -0.39 is 17.5 Å². The van der Waals surface area contributed by atoms with E-state index in [1.807, 2.05) is 25.2 Å². The smallest absolute Gasteiger partial charge is 0.254 e. The average Bonchev–Trinajstić information content (AvgIpc) is 2.66. The normalized spacial score (nSPS) is 10.7. The van der Waals surface area contributed by atoms with Crippen LogP contribution in [-0.4, -0.2) is 43.4 Å². The maximum atomic E-state index is 13.5. The molecule has 0 saturated carbocycles. The second-order valence-electron chi connectivity index (χ2n) is 6.56. The molecular formula is C21H25F2N3O2. The second-order valence-corrected chi connectivity index (χ2v) is 6.56. The van der Waals surface area contributed by atoms with Crippen LogP contribution in [0.25, 0.3) is 0 Å². The summed E-state index contributed by atoms with van der Waals surface area (Å²) in [6, 6.07) is 12.9. The van der Waals surface area contributed by atoms with E-state index in [-0.39, 0.29) is 24.4 Å². The van der Waals surface area contributed by atoms with Gasteiger partial charge in [-0.1, -0.05) is 30.3 Å². The van der Waals surface area contributed by atoms with Gasteiger partial charge in [-0.15, -0.1) is 0 Å². The van der Waals surface area contributed by atoms with Gasteiger partial charge in [0.05, 0.1) is 5.56 Å². The first-order valence-electron chi connectivity index (χ1n) is 9.18. The molecule has 2 N–H and O–H groups in total. The van der Waals surface area contributed by atoms with Gasteiger partial charge in [0.25, 0.3) is 5.91 Å².